The van der Waals surface area contributed by atoms with Crippen LogP contribution in [0.25, 0.3) is 0 Å². The summed E-state index contributed by atoms with van der Waals surface area (Å²) < 4.78 is 31.0. The lowest BCUT2D eigenvalue weighted by Gasteiger charge is -2.09. The van der Waals surface area contributed by atoms with E-state index in [1.54, 1.807) is 30.3 Å². The molecule has 10 heteroatoms. The predicted octanol–water partition coefficient (Wildman–Crippen LogP) is 3.78. The van der Waals surface area contributed by atoms with Crippen molar-refractivity contribution in [3.63, 3.8) is 0 Å². The number of halogens is 2. The second kappa shape index (κ2) is 9.75. The highest BCUT2D eigenvalue weighted by Gasteiger charge is 2.19. The number of rotatable bonds is 9. The average Bonchev–Trinajstić information content (AvgIpc) is 3.10. The molecule has 6 nitrogen and oxygen atoms in total. The van der Waals surface area contributed by atoms with Crippen molar-refractivity contribution in [3.8, 4) is 5.75 Å². The van der Waals surface area contributed by atoms with Crippen LogP contribution in [0.5, 0.6) is 5.75 Å². The van der Waals surface area contributed by atoms with E-state index in [1.165, 1.54) is 14.1 Å². The Morgan fingerprint density at radius 3 is 2.67 bits per heavy atom. The molecule has 0 unspecified atom stereocenters. The summed E-state index contributed by atoms with van der Waals surface area (Å²) in [5.41, 5.74) is 0. The Morgan fingerprint density at radius 2 is 1.96 bits per heavy atom. The first kappa shape index (κ1) is 22.0. The molecule has 0 bridgehead atoms. The van der Waals surface area contributed by atoms with Crippen molar-refractivity contribution in [2.45, 2.75) is 23.6 Å². The molecule has 0 aliphatic carbocycles. The maximum absolute atomic E-state index is 12.0. The molecule has 1 N–H and O–H groups in total. The highest BCUT2D eigenvalue weighted by atomic mass is 35.5. The third-order valence-corrected chi connectivity index (χ3v) is 7.72. The summed E-state index contributed by atoms with van der Waals surface area (Å²) >= 11 is 13.1. The normalized spacial score (nSPS) is 11.6. The van der Waals surface area contributed by atoms with Crippen molar-refractivity contribution >= 4 is 50.5 Å². The zero-order chi connectivity index (χ0) is 20.0. The van der Waals surface area contributed by atoms with E-state index < -0.39 is 10.0 Å². The molecule has 1 aromatic carbocycles. The van der Waals surface area contributed by atoms with Crippen molar-refractivity contribution in [1.82, 2.24) is 9.62 Å². The molecule has 2 rings (SSSR count). The lowest BCUT2D eigenvalue weighted by atomic mass is 10.3. The lowest BCUT2D eigenvalue weighted by Crippen LogP contribution is -2.22. The summed E-state index contributed by atoms with van der Waals surface area (Å²) in [5, 5.41) is 3.54. The Bertz CT molecular complexity index is 898. The molecule has 1 amide bonds. The van der Waals surface area contributed by atoms with E-state index >= 15 is 0 Å². The van der Waals surface area contributed by atoms with Gasteiger partial charge in [0.1, 0.15) is 15.0 Å². The Hall–Kier alpha value is -1.32. The first-order valence-corrected chi connectivity index (χ1v) is 11.1. The summed E-state index contributed by atoms with van der Waals surface area (Å²) in [7, 11) is -0.480. The summed E-state index contributed by atoms with van der Waals surface area (Å²) in [6.45, 7) is 0.616. The minimum atomic E-state index is -3.44. The van der Waals surface area contributed by atoms with Gasteiger partial charge in [-0.2, -0.15) is 0 Å². The molecule has 1 aromatic heterocycles. The molecule has 0 saturated heterocycles. The van der Waals surface area contributed by atoms with Gasteiger partial charge in [-0.1, -0.05) is 29.3 Å². The van der Waals surface area contributed by atoms with Gasteiger partial charge in [0, 0.05) is 25.4 Å². The number of sulfonamides is 1. The predicted molar refractivity (Wildman–Crippen MR) is 108 cm³/mol. The molecule has 0 spiro atoms. The molecule has 0 saturated carbocycles. The number of ether oxygens (including phenoxy) is 1. The zero-order valence-electron chi connectivity index (χ0n) is 14.9. The molecular formula is C17H20Cl2N2O4S2. The molecule has 2 aromatic rings. The maximum Gasteiger partial charge on any atom is 0.252 e. The van der Waals surface area contributed by atoms with Crippen molar-refractivity contribution in [3.05, 3.63) is 45.3 Å². The van der Waals surface area contributed by atoms with Crippen LogP contribution in [0.15, 0.2) is 34.5 Å². The van der Waals surface area contributed by atoms with Gasteiger partial charge in [-0.15, -0.1) is 11.3 Å². The van der Waals surface area contributed by atoms with E-state index in [0.29, 0.717) is 28.8 Å². The van der Waals surface area contributed by atoms with Crippen LogP contribution in [-0.4, -0.2) is 39.3 Å². The first-order chi connectivity index (χ1) is 12.7. The van der Waals surface area contributed by atoms with Crippen LogP contribution in [0.4, 0.5) is 0 Å². The summed E-state index contributed by atoms with van der Waals surface area (Å²) in [6, 6.07) is 8.37. The Morgan fingerprint density at radius 1 is 1.22 bits per heavy atom. The molecule has 0 atom stereocenters. The van der Waals surface area contributed by atoms with Gasteiger partial charge in [-0.05, 0) is 30.7 Å². The average molecular weight is 451 g/mol. The second-order valence-corrected chi connectivity index (χ2v) is 10.1. The molecule has 27 heavy (non-hydrogen) atoms. The van der Waals surface area contributed by atoms with E-state index in [4.69, 9.17) is 27.9 Å². The minimum Gasteiger partial charge on any atom is -0.492 e. The number of carbonyl (C=O) groups excluding carboxylic acids is 1. The standard InChI is InChI=1S/C17H20Cl2N2O4S2/c1-21(2)27(23,24)16-9-8-12(26-16)11-20-15(22)7-4-10-25-14-6-3-5-13(18)17(14)19/h3,5-6,8-9H,4,7,10-11H2,1-2H3,(H,20,22). The molecule has 0 aliphatic heterocycles. The van der Waals surface area contributed by atoms with E-state index in [2.05, 4.69) is 5.32 Å². The SMILES string of the molecule is CN(C)S(=O)(=O)c1ccc(CNC(=O)CCCOc2cccc(Cl)c2Cl)s1. The van der Waals surface area contributed by atoms with Crippen molar-refractivity contribution in [2.24, 2.45) is 0 Å². The number of carbonyl (C=O) groups is 1. The fourth-order valence-corrected chi connectivity index (χ4v) is 4.87. The van der Waals surface area contributed by atoms with Gasteiger partial charge < -0.3 is 10.1 Å². The number of amides is 1. The van der Waals surface area contributed by atoms with Crippen LogP contribution in [0, 0.1) is 0 Å². The van der Waals surface area contributed by atoms with Gasteiger partial charge in [0.15, 0.2) is 0 Å². The molecular weight excluding hydrogens is 431 g/mol. The summed E-state index contributed by atoms with van der Waals surface area (Å²) in [4.78, 5) is 12.7. The number of hydrogen-bond donors (Lipinski definition) is 1. The highest BCUT2D eigenvalue weighted by molar-refractivity contribution is 7.91. The number of benzene rings is 1. The Labute approximate surface area is 173 Å². The van der Waals surface area contributed by atoms with E-state index in [9.17, 15) is 13.2 Å². The van der Waals surface area contributed by atoms with Crippen molar-refractivity contribution in [1.29, 1.82) is 0 Å². The van der Waals surface area contributed by atoms with Crippen LogP contribution in [0.2, 0.25) is 10.0 Å². The number of nitrogens with zero attached hydrogens (tertiary/aromatic N) is 1. The topological polar surface area (TPSA) is 75.7 Å². The minimum absolute atomic E-state index is 0.138. The van der Waals surface area contributed by atoms with Gasteiger partial charge in [0.25, 0.3) is 10.0 Å². The fourth-order valence-electron chi connectivity index (χ4n) is 2.06. The van der Waals surface area contributed by atoms with Crippen LogP contribution in [0.3, 0.4) is 0 Å². The van der Waals surface area contributed by atoms with E-state index in [0.717, 1.165) is 20.5 Å². The third-order valence-electron chi connectivity index (χ3n) is 3.55. The third kappa shape index (κ3) is 6.08. The first-order valence-electron chi connectivity index (χ1n) is 8.06. The van der Waals surface area contributed by atoms with Gasteiger partial charge in [-0.25, -0.2) is 12.7 Å². The number of thiophene rings is 1. The highest BCUT2D eigenvalue weighted by Crippen LogP contribution is 2.31. The monoisotopic (exact) mass is 450 g/mol. The Balaban J connectivity index is 1.74. The molecule has 1 heterocycles. The number of nitrogens with one attached hydrogen (secondary N) is 1. The smallest absolute Gasteiger partial charge is 0.252 e. The molecule has 0 aliphatic rings. The summed E-state index contributed by atoms with van der Waals surface area (Å²) in [6.07, 6.45) is 0.797. The largest absolute Gasteiger partial charge is 0.492 e. The number of hydrogen-bond acceptors (Lipinski definition) is 5. The van der Waals surface area contributed by atoms with Crippen molar-refractivity contribution < 1.29 is 17.9 Å². The van der Waals surface area contributed by atoms with Crippen LogP contribution in [0.1, 0.15) is 17.7 Å². The Kier molecular flexibility index (Phi) is 7.93. The maximum atomic E-state index is 12.0. The van der Waals surface area contributed by atoms with Crippen LogP contribution < -0.4 is 10.1 Å². The van der Waals surface area contributed by atoms with Crippen molar-refractivity contribution in [2.75, 3.05) is 20.7 Å². The van der Waals surface area contributed by atoms with Gasteiger partial charge in [0.05, 0.1) is 18.2 Å². The molecule has 0 fully saturated rings. The summed E-state index contributed by atoms with van der Waals surface area (Å²) in [5.74, 6) is 0.346. The van der Waals surface area contributed by atoms with Gasteiger partial charge in [0.2, 0.25) is 5.91 Å². The lowest BCUT2D eigenvalue weighted by molar-refractivity contribution is -0.121. The van der Waals surface area contributed by atoms with Crippen LogP contribution in [-0.2, 0) is 21.4 Å². The second-order valence-electron chi connectivity index (χ2n) is 5.79. The molecule has 0 radical (unpaired) electrons. The molecule has 148 valence electrons. The van der Waals surface area contributed by atoms with Gasteiger partial charge >= 0.3 is 0 Å². The fraction of sp³-hybridized carbons (Fsp3) is 0.353. The quantitative estimate of drug-likeness (QED) is 0.589. The van der Waals surface area contributed by atoms with Gasteiger partial charge in [-0.3, -0.25) is 4.79 Å². The zero-order valence-corrected chi connectivity index (χ0v) is 18.0. The van der Waals surface area contributed by atoms with Crippen LogP contribution >= 0.6 is 34.5 Å². The van der Waals surface area contributed by atoms with E-state index in [1.807, 2.05) is 0 Å². The van der Waals surface area contributed by atoms with E-state index in [-0.39, 0.29) is 23.1 Å².